The number of benzene rings is 2. The zero-order valence-electron chi connectivity index (χ0n) is 16.0. The Balaban J connectivity index is 1.47. The lowest BCUT2D eigenvalue weighted by atomic mass is 10.0. The van der Waals surface area contributed by atoms with Crippen LogP contribution in [0, 0.1) is 12.3 Å². The lowest BCUT2D eigenvalue weighted by Gasteiger charge is -2.17. The standard InChI is InChI=1S/C22H21N7/c1-12-27-17-7-6-15(10-18(17)28-12)20(23)19-21(24)25-11-26-22(19)29-16-8-13-4-2-3-5-14(13)9-16/h2-7,10-11,16,23H,8-9H2,1H3,(H,27,28)(H3,24,25,26,29). The van der Waals surface area contributed by atoms with Crippen LogP contribution >= 0.6 is 0 Å². The normalized spacial score (nSPS) is 13.6. The molecule has 1 aliphatic carbocycles. The number of anilines is 2. The highest BCUT2D eigenvalue weighted by Gasteiger charge is 2.24. The van der Waals surface area contributed by atoms with Gasteiger partial charge in [0.15, 0.2) is 0 Å². The lowest BCUT2D eigenvalue weighted by Crippen LogP contribution is -2.23. The van der Waals surface area contributed by atoms with Crippen LogP contribution in [-0.4, -0.2) is 31.7 Å². The maximum absolute atomic E-state index is 8.80. The van der Waals surface area contributed by atoms with Crippen LogP contribution in [0.1, 0.15) is 28.1 Å². The molecule has 5 N–H and O–H groups in total. The first-order valence-corrected chi connectivity index (χ1v) is 9.58. The third-order valence-corrected chi connectivity index (χ3v) is 5.41. The zero-order valence-corrected chi connectivity index (χ0v) is 16.0. The Morgan fingerprint density at radius 2 is 1.90 bits per heavy atom. The number of aryl methyl sites for hydroxylation is 1. The van der Waals surface area contributed by atoms with Gasteiger partial charge in [-0.3, -0.25) is 5.41 Å². The van der Waals surface area contributed by atoms with E-state index in [1.165, 1.54) is 17.5 Å². The van der Waals surface area contributed by atoms with Gasteiger partial charge in [0.1, 0.15) is 23.8 Å². The van der Waals surface area contributed by atoms with Crippen LogP contribution in [0.5, 0.6) is 0 Å². The van der Waals surface area contributed by atoms with Crippen molar-refractivity contribution in [2.45, 2.75) is 25.8 Å². The smallest absolute Gasteiger partial charge is 0.141 e. The maximum atomic E-state index is 8.80. The number of nitrogens with zero attached hydrogens (tertiary/aromatic N) is 3. The van der Waals surface area contributed by atoms with Crippen molar-refractivity contribution in [2.75, 3.05) is 11.1 Å². The highest BCUT2D eigenvalue weighted by molar-refractivity contribution is 6.17. The highest BCUT2D eigenvalue weighted by atomic mass is 15.1. The van der Waals surface area contributed by atoms with Gasteiger partial charge in [0.25, 0.3) is 0 Å². The summed E-state index contributed by atoms with van der Waals surface area (Å²) < 4.78 is 0. The van der Waals surface area contributed by atoms with Crippen molar-refractivity contribution in [3.05, 3.63) is 76.9 Å². The number of aromatic amines is 1. The number of nitrogens with one attached hydrogen (secondary N) is 3. The summed E-state index contributed by atoms with van der Waals surface area (Å²) in [4.78, 5) is 16.2. The van der Waals surface area contributed by atoms with Gasteiger partial charge >= 0.3 is 0 Å². The second-order valence-electron chi connectivity index (χ2n) is 7.43. The van der Waals surface area contributed by atoms with E-state index in [9.17, 15) is 0 Å². The molecule has 144 valence electrons. The molecule has 4 aromatic rings. The molecule has 0 fully saturated rings. The highest BCUT2D eigenvalue weighted by Crippen LogP contribution is 2.28. The Hall–Kier alpha value is -3.74. The Labute approximate surface area is 167 Å². The van der Waals surface area contributed by atoms with Gasteiger partial charge in [-0.05, 0) is 43.0 Å². The first-order valence-electron chi connectivity index (χ1n) is 9.58. The van der Waals surface area contributed by atoms with Crippen LogP contribution in [0.3, 0.4) is 0 Å². The molecule has 0 saturated carbocycles. The fourth-order valence-electron chi connectivity index (χ4n) is 4.05. The predicted octanol–water partition coefficient (Wildman–Crippen LogP) is 3.24. The Morgan fingerprint density at radius 3 is 2.66 bits per heavy atom. The van der Waals surface area contributed by atoms with E-state index in [1.54, 1.807) is 0 Å². The van der Waals surface area contributed by atoms with Gasteiger partial charge in [-0.15, -0.1) is 0 Å². The quantitative estimate of drug-likeness (QED) is 0.404. The van der Waals surface area contributed by atoms with Gasteiger partial charge in [0.2, 0.25) is 0 Å². The van der Waals surface area contributed by atoms with Crippen molar-refractivity contribution in [3.63, 3.8) is 0 Å². The molecule has 0 spiro atoms. The SMILES string of the molecule is Cc1nc2ccc(C(=N)c3c(N)ncnc3NC3Cc4ccccc4C3)cc2[nH]1. The molecule has 2 heterocycles. The van der Waals surface area contributed by atoms with Crippen LogP contribution in [0.2, 0.25) is 0 Å². The van der Waals surface area contributed by atoms with E-state index < -0.39 is 0 Å². The third kappa shape index (κ3) is 3.10. The minimum absolute atomic E-state index is 0.214. The predicted molar refractivity (Wildman–Crippen MR) is 114 cm³/mol. The summed E-state index contributed by atoms with van der Waals surface area (Å²) in [6, 6.07) is 14.4. The van der Waals surface area contributed by atoms with Crippen molar-refractivity contribution >= 4 is 28.4 Å². The number of hydrogen-bond donors (Lipinski definition) is 4. The van der Waals surface area contributed by atoms with Crippen molar-refractivity contribution in [2.24, 2.45) is 0 Å². The first-order chi connectivity index (χ1) is 14.1. The van der Waals surface area contributed by atoms with E-state index in [1.807, 2.05) is 25.1 Å². The molecular weight excluding hydrogens is 362 g/mol. The summed E-state index contributed by atoms with van der Waals surface area (Å²) in [7, 11) is 0. The molecular formula is C22H21N7. The molecule has 1 aliphatic rings. The summed E-state index contributed by atoms with van der Waals surface area (Å²) in [5, 5.41) is 12.3. The summed E-state index contributed by atoms with van der Waals surface area (Å²) in [6.45, 7) is 1.91. The molecule has 0 radical (unpaired) electrons. The monoisotopic (exact) mass is 383 g/mol. The van der Waals surface area contributed by atoms with E-state index in [-0.39, 0.29) is 11.8 Å². The molecule has 0 aliphatic heterocycles. The Morgan fingerprint density at radius 1 is 1.14 bits per heavy atom. The fraction of sp³-hybridized carbons (Fsp3) is 0.182. The number of hydrogen-bond acceptors (Lipinski definition) is 6. The molecule has 2 aromatic heterocycles. The molecule has 29 heavy (non-hydrogen) atoms. The van der Waals surface area contributed by atoms with Crippen molar-refractivity contribution in [1.82, 2.24) is 19.9 Å². The average Bonchev–Trinajstić information content (AvgIpc) is 3.28. The fourth-order valence-corrected chi connectivity index (χ4v) is 4.05. The topological polar surface area (TPSA) is 116 Å². The second-order valence-corrected chi connectivity index (χ2v) is 7.43. The third-order valence-electron chi connectivity index (χ3n) is 5.41. The van der Waals surface area contributed by atoms with E-state index in [4.69, 9.17) is 11.1 Å². The Bertz CT molecular complexity index is 1220. The number of nitrogen functional groups attached to an aromatic ring is 1. The average molecular weight is 383 g/mol. The van der Waals surface area contributed by atoms with Crippen LogP contribution in [-0.2, 0) is 12.8 Å². The minimum Gasteiger partial charge on any atom is -0.383 e. The number of rotatable bonds is 4. The van der Waals surface area contributed by atoms with Crippen LogP contribution in [0.15, 0.2) is 48.8 Å². The van der Waals surface area contributed by atoms with E-state index in [0.717, 1.165) is 35.3 Å². The largest absolute Gasteiger partial charge is 0.383 e. The van der Waals surface area contributed by atoms with Gasteiger partial charge in [-0.2, -0.15) is 0 Å². The van der Waals surface area contributed by atoms with Gasteiger partial charge < -0.3 is 16.0 Å². The van der Waals surface area contributed by atoms with Crippen molar-refractivity contribution in [1.29, 1.82) is 5.41 Å². The van der Waals surface area contributed by atoms with Crippen LogP contribution in [0.4, 0.5) is 11.6 Å². The first kappa shape index (κ1) is 17.4. The molecule has 0 saturated heterocycles. The molecule has 0 atom stereocenters. The number of fused-ring (bicyclic) bond motifs is 2. The maximum Gasteiger partial charge on any atom is 0.141 e. The molecule has 0 amide bonds. The second kappa shape index (κ2) is 6.70. The van der Waals surface area contributed by atoms with E-state index in [2.05, 4.69) is 49.5 Å². The number of imidazole rings is 1. The summed E-state index contributed by atoms with van der Waals surface area (Å²) >= 11 is 0. The van der Waals surface area contributed by atoms with Gasteiger partial charge in [-0.1, -0.05) is 30.3 Å². The van der Waals surface area contributed by atoms with Crippen LogP contribution in [0.25, 0.3) is 11.0 Å². The van der Waals surface area contributed by atoms with Crippen molar-refractivity contribution < 1.29 is 0 Å². The molecule has 7 nitrogen and oxygen atoms in total. The van der Waals surface area contributed by atoms with Crippen LogP contribution < -0.4 is 11.1 Å². The van der Waals surface area contributed by atoms with Crippen molar-refractivity contribution in [3.8, 4) is 0 Å². The summed E-state index contributed by atoms with van der Waals surface area (Å²) in [6.07, 6.45) is 3.29. The Kier molecular flexibility index (Phi) is 4.01. The number of aromatic nitrogens is 4. The van der Waals surface area contributed by atoms with E-state index >= 15 is 0 Å². The molecule has 5 rings (SSSR count). The molecule has 7 heteroatoms. The molecule has 0 unspecified atom stereocenters. The van der Waals surface area contributed by atoms with Gasteiger partial charge in [-0.25, -0.2) is 15.0 Å². The molecule has 2 aromatic carbocycles. The zero-order chi connectivity index (χ0) is 20.0. The molecule has 0 bridgehead atoms. The summed E-state index contributed by atoms with van der Waals surface area (Å²) in [5.41, 5.74) is 12.2. The minimum atomic E-state index is 0.214. The van der Waals surface area contributed by atoms with E-state index in [0.29, 0.717) is 17.2 Å². The number of H-pyrrole nitrogens is 1. The summed E-state index contributed by atoms with van der Waals surface area (Å²) in [5.74, 6) is 1.74. The number of nitrogens with two attached hydrogens (primary N) is 1. The van der Waals surface area contributed by atoms with Gasteiger partial charge in [0, 0.05) is 11.6 Å². The van der Waals surface area contributed by atoms with Gasteiger partial charge in [0.05, 0.1) is 22.3 Å². The lowest BCUT2D eigenvalue weighted by molar-refractivity contribution is 0.767.